The Morgan fingerprint density at radius 2 is 2.07 bits per heavy atom. The maximum atomic E-state index is 10.5. The van der Waals surface area contributed by atoms with Gasteiger partial charge in [-0.3, -0.25) is 4.90 Å². The van der Waals surface area contributed by atoms with Crippen molar-refractivity contribution in [2.75, 3.05) is 20.3 Å². The van der Waals surface area contributed by atoms with Crippen molar-refractivity contribution in [3.05, 3.63) is 12.4 Å². The van der Waals surface area contributed by atoms with Gasteiger partial charge < -0.3 is 14.8 Å². The van der Waals surface area contributed by atoms with Crippen LogP contribution in [0.25, 0.3) is 0 Å². The molecule has 0 aromatic carbocycles. The van der Waals surface area contributed by atoms with E-state index in [0.717, 1.165) is 6.67 Å². The normalized spacial score (nSPS) is 19.8. The maximum Gasteiger partial charge on any atom is 0.430 e. The SMILES string of the molecule is CC[NH+]1C=CN(C)C1.O=C([O-])C(F)(F)F. The van der Waals surface area contributed by atoms with Gasteiger partial charge in [0.25, 0.3) is 0 Å². The van der Waals surface area contributed by atoms with Gasteiger partial charge in [-0.25, -0.2) is 0 Å². The van der Waals surface area contributed by atoms with Crippen LogP contribution < -0.4 is 10.0 Å². The third-order valence-electron chi connectivity index (χ3n) is 1.70. The summed E-state index contributed by atoms with van der Waals surface area (Å²) in [6, 6.07) is 0. The second-order valence-electron chi connectivity index (χ2n) is 3.03. The molecular weight excluding hydrogens is 213 g/mol. The number of rotatable bonds is 1. The number of aliphatic carboxylic acids is 1. The quantitative estimate of drug-likeness (QED) is 0.596. The Bertz CT molecular complexity index is 241. The lowest BCUT2D eigenvalue weighted by Gasteiger charge is -2.09. The van der Waals surface area contributed by atoms with Crippen LogP contribution in [0.1, 0.15) is 6.92 Å². The van der Waals surface area contributed by atoms with Crippen LogP contribution >= 0.6 is 0 Å². The zero-order valence-corrected chi connectivity index (χ0v) is 8.47. The molecule has 1 aliphatic rings. The maximum absolute atomic E-state index is 10.5. The van der Waals surface area contributed by atoms with Crippen molar-refractivity contribution in [2.45, 2.75) is 13.1 Å². The van der Waals surface area contributed by atoms with Gasteiger partial charge >= 0.3 is 6.18 Å². The van der Waals surface area contributed by atoms with E-state index in [9.17, 15) is 13.2 Å². The first-order valence-corrected chi connectivity index (χ1v) is 4.28. The monoisotopic (exact) mass is 226 g/mol. The van der Waals surface area contributed by atoms with Crippen LogP contribution in [0.5, 0.6) is 0 Å². The Hall–Kier alpha value is -1.24. The Labute approximate surface area is 85.6 Å². The molecule has 0 saturated carbocycles. The number of alkyl halides is 3. The summed E-state index contributed by atoms with van der Waals surface area (Å²) in [4.78, 5) is 12.5. The number of carbonyl (C=O) groups excluding carboxylic acids is 1. The highest BCUT2D eigenvalue weighted by atomic mass is 19.4. The Balaban J connectivity index is 0.000000265. The van der Waals surface area contributed by atoms with Gasteiger partial charge in [0.05, 0.1) is 12.7 Å². The molecule has 0 aromatic rings. The van der Waals surface area contributed by atoms with Gasteiger partial charge in [-0.15, -0.1) is 0 Å². The van der Waals surface area contributed by atoms with Crippen molar-refractivity contribution >= 4 is 5.97 Å². The highest BCUT2D eigenvalue weighted by Gasteiger charge is 2.28. The molecule has 1 heterocycles. The summed E-state index contributed by atoms with van der Waals surface area (Å²) in [6.45, 7) is 4.52. The van der Waals surface area contributed by atoms with Crippen LogP contribution in [0.15, 0.2) is 12.4 Å². The van der Waals surface area contributed by atoms with Crippen molar-refractivity contribution in [1.82, 2.24) is 4.90 Å². The first-order valence-electron chi connectivity index (χ1n) is 4.28. The molecule has 0 fully saturated rings. The lowest BCUT2D eigenvalue weighted by molar-refractivity contribution is -0.846. The predicted octanol–water partition coefficient (Wildman–Crippen LogP) is -1.44. The average molecular weight is 226 g/mol. The number of carbonyl (C=O) groups is 1. The van der Waals surface area contributed by atoms with Gasteiger partial charge in [0.2, 0.25) is 0 Å². The van der Waals surface area contributed by atoms with Crippen LogP contribution in [-0.4, -0.2) is 37.3 Å². The molecule has 0 amide bonds. The Morgan fingerprint density at radius 1 is 1.60 bits per heavy atom. The molecule has 4 nitrogen and oxygen atoms in total. The second-order valence-corrected chi connectivity index (χ2v) is 3.03. The van der Waals surface area contributed by atoms with Crippen molar-refractivity contribution in [3.8, 4) is 0 Å². The van der Waals surface area contributed by atoms with Gasteiger partial charge in [0.15, 0.2) is 6.67 Å². The fourth-order valence-electron chi connectivity index (χ4n) is 0.888. The van der Waals surface area contributed by atoms with Gasteiger partial charge in [-0.2, -0.15) is 13.2 Å². The van der Waals surface area contributed by atoms with E-state index in [2.05, 4.69) is 31.3 Å². The summed E-state index contributed by atoms with van der Waals surface area (Å²) in [5.41, 5.74) is 0. The minimum Gasteiger partial charge on any atom is -0.542 e. The van der Waals surface area contributed by atoms with Crippen LogP contribution in [0, 0.1) is 0 Å². The van der Waals surface area contributed by atoms with E-state index < -0.39 is 12.1 Å². The molecule has 0 spiro atoms. The molecule has 1 unspecified atom stereocenters. The summed E-state index contributed by atoms with van der Waals surface area (Å²) in [5.74, 6) is -3.01. The van der Waals surface area contributed by atoms with Crippen LogP contribution in [-0.2, 0) is 4.79 Å². The topological polar surface area (TPSA) is 47.8 Å². The molecule has 7 heteroatoms. The van der Waals surface area contributed by atoms with E-state index >= 15 is 0 Å². The second kappa shape index (κ2) is 5.59. The van der Waals surface area contributed by atoms with Crippen LogP contribution in [0.2, 0.25) is 0 Å². The van der Waals surface area contributed by atoms with Gasteiger partial charge in [0, 0.05) is 7.05 Å². The van der Waals surface area contributed by atoms with Crippen LogP contribution in [0.4, 0.5) is 13.2 Å². The predicted molar refractivity (Wildman–Crippen MR) is 44.3 cm³/mol. The largest absolute Gasteiger partial charge is 0.542 e. The number of carboxylic acid groups (broad SMARTS) is 1. The molecule has 0 bridgehead atoms. The van der Waals surface area contributed by atoms with E-state index in [1.54, 1.807) is 0 Å². The number of halogens is 3. The number of hydrogen-bond donors (Lipinski definition) is 1. The van der Waals surface area contributed by atoms with Crippen molar-refractivity contribution in [2.24, 2.45) is 0 Å². The Kier molecular flexibility index (Phi) is 5.13. The smallest absolute Gasteiger partial charge is 0.430 e. The number of carboxylic acids is 1. The lowest BCUT2D eigenvalue weighted by atomic mass is 10.6. The van der Waals surface area contributed by atoms with Gasteiger partial charge in [0.1, 0.15) is 12.2 Å². The molecule has 1 N–H and O–H groups in total. The summed E-state index contributed by atoms with van der Waals surface area (Å²) in [5, 5.41) is 8.78. The minimum absolute atomic E-state index is 1.14. The number of hydrogen-bond acceptors (Lipinski definition) is 3. The highest BCUT2D eigenvalue weighted by Crippen LogP contribution is 2.11. The fraction of sp³-hybridized carbons (Fsp3) is 0.625. The Morgan fingerprint density at radius 3 is 2.20 bits per heavy atom. The van der Waals surface area contributed by atoms with E-state index in [0.29, 0.717) is 0 Å². The average Bonchev–Trinajstić information content (AvgIpc) is 2.50. The summed E-state index contributed by atoms with van der Waals surface area (Å²) in [7, 11) is 2.10. The molecule has 0 aliphatic carbocycles. The summed E-state index contributed by atoms with van der Waals surface area (Å²) in [6.07, 6.45) is -0.876. The number of quaternary nitrogens is 1. The van der Waals surface area contributed by atoms with E-state index in [1.807, 2.05) is 0 Å². The lowest BCUT2D eigenvalue weighted by Crippen LogP contribution is -3.06. The molecule has 0 radical (unpaired) electrons. The molecule has 0 aromatic heterocycles. The third kappa shape index (κ3) is 5.95. The van der Waals surface area contributed by atoms with E-state index in [1.165, 1.54) is 11.4 Å². The van der Waals surface area contributed by atoms with Crippen molar-refractivity contribution in [3.63, 3.8) is 0 Å². The zero-order valence-electron chi connectivity index (χ0n) is 8.47. The zero-order chi connectivity index (χ0) is 12.1. The standard InChI is InChI=1S/C6H12N2.C2HF3O2/c1-3-8-5-4-7(2)6-8;3-2(4,5)1(6)7/h4-5H,3,6H2,1-2H3;(H,6,7). The minimum atomic E-state index is -5.19. The van der Waals surface area contributed by atoms with Crippen LogP contribution in [0.3, 0.4) is 0 Å². The van der Waals surface area contributed by atoms with E-state index in [4.69, 9.17) is 9.90 Å². The van der Waals surface area contributed by atoms with Crippen molar-refractivity contribution in [1.29, 1.82) is 0 Å². The third-order valence-corrected chi connectivity index (χ3v) is 1.70. The van der Waals surface area contributed by atoms with Gasteiger partial charge in [-0.1, -0.05) is 0 Å². The molecule has 1 rings (SSSR count). The highest BCUT2D eigenvalue weighted by molar-refractivity contribution is 5.70. The van der Waals surface area contributed by atoms with E-state index in [-0.39, 0.29) is 0 Å². The fourth-order valence-corrected chi connectivity index (χ4v) is 0.888. The first-order chi connectivity index (χ1) is 6.77. The molecule has 1 aliphatic heterocycles. The molecular formula is C8H13F3N2O2. The summed E-state index contributed by atoms with van der Waals surface area (Å²) < 4.78 is 31.5. The molecule has 0 saturated heterocycles. The van der Waals surface area contributed by atoms with Gasteiger partial charge in [-0.05, 0) is 6.92 Å². The number of nitrogens with one attached hydrogen (secondary N) is 1. The first kappa shape index (κ1) is 13.8. The molecule has 1 atom stereocenters. The molecule has 15 heavy (non-hydrogen) atoms. The molecule has 88 valence electrons. The summed E-state index contributed by atoms with van der Waals surface area (Å²) >= 11 is 0. The van der Waals surface area contributed by atoms with Crippen molar-refractivity contribution < 1.29 is 28.0 Å². The number of nitrogens with zero attached hydrogens (tertiary/aromatic N) is 1.